The number of guanidine groups is 1. The van der Waals surface area contributed by atoms with E-state index in [4.69, 9.17) is 14.2 Å². The van der Waals surface area contributed by atoms with Crippen LogP contribution in [0.25, 0.3) is 0 Å². The number of hydrogen-bond acceptors (Lipinski definition) is 5. The minimum Gasteiger partial charge on any atom is -0.493 e. The second kappa shape index (κ2) is 9.76. The van der Waals surface area contributed by atoms with Crippen LogP contribution in [-0.4, -0.2) is 51.9 Å². The zero-order valence-electron chi connectivity index (χ0n) is 15.9. The van der Waals surface area contributed by atoms with Crippen molar-refractivity contribution in [3.8, 4) is 11.5 Å². The summed E-state index contributed by atoms with van der Waals surface area (Å²) < 4.78 is 15.8. The highest BCUT2D eigenvalue weighted by Gasteiger charge is 2.16. The first kappa shape index (κ1) is 20.6. The molecule has 0 aliphatic heterocycles. The van der Waals surface area contributed by atoms with E-state index in [1.165, 1.54) is 0 Å². The zero-order valence-corrected chi connectivity index (χ0v) is 15.9. The highest BCUT2D eigenvalue weighted by Crippen LogP contribution is 2.27. The van der Waals surface area contributed by atoms with E-state index in [1.54, 1.807) is 21.3 Å². The fraction of sp³-hybridized carbons (Fsp3) is 0.556. The molecule has 0 aliphatic carbocycles. The molecule has 0 aromatic heterocycles. The molecule has 0 atom stereocenters. The van der Waals surface area contributed by atoms with Crippen LogP contribution in [0.4, 0.5) is 0 Å². The lowest BCUT2D eigenvalue weighted by Crippen LogP contribution is -2.42. The lowest BCUT2D eigenvalue weighted by Gasteiger charge is -2.20. The Bertz CT molecular complexity index is 594. The third kappa shape index (κ3) is 7.78. The molecule has 0 aliphatic rings. The van der Waals surface area contributed by atoms with Crippen LogP contribution in [0.1, 0.15) is 26.3 Å². The van der Waals surface area contributed by atoms with Gasteiger partial charge in [-0.15, -0.1) is 0 Å². The van der Waals surface area contributed by atoms with E-state index >= 15 is 0 Å². The number of nitrogens with zero attached hydrogens (tertiary/aromatic N) is 1. The molecule has 0 radical (unpaired) electrons. The molecule has 7 nitrogen and oxygen atoms in total. The number of nitrogens with one attached hydrogen (secondary N) is 2. The van der Waals surface area contributed by atoms with E-state index in [1.807, 2.05) is 39.0 Å². The van der Waals surface area contributed by atoms with Crippen LogP contribution in [-0.2, 0) is 16.0 Å². The lowest BCUT2D eigenvalue weighted by molar-refractivity contribution is -0.153. The van der Waals surface area contributed by atoms with Crippen molar-refractivity contribution in [3.63, 3.8) is 0 Å². The van der Waals surface area contributed by atoms with Crippen LogP contribution >= 0.6 is 0 Å². The fourth-order valence-corrected chi connectivity index (χ4v) is 2.12. The molecule has 0 heterocycles. The molecule has 0 bridgehead atoms. The SMILES string of the molecule is CN=C(NCCc1ccc(OC)c(OC)c1)NCC(=O)OC(C)(C)C. The Labute approximate surface area is 149 Å². The Morgan fingerprint density at radius 2 is 1.80 bits per heavy atom. The Morgan fingerprint density at radius 3 is 2.36 bits per heavy atom. The van der Waals surface area contributed by atoms with Crippen LogP contribution in [0.2, 0.25) is 0 Å². The van der Waals surface area contributed by atoms with Gasteiger partial charge in [0.05, 0.1) is 14.2 Å². The highest BCUT2D eigenvalue weighted by molar-refractivity contribution is 5.84. The van der Waals surface area contributed by atoms with Crippen molar-refractivity contribution in [2.75, 3.05) is 34.4 Å². The number of aliphatic imine (C=N–C) groups is 1. The zero-order chi connectivity index (χ0) is 18.9. The maximum atomic E-state index is 11.7. The molecule has 140 valence electrons. The van der Waals surface area contributed by atoms with Gasteiger partial charge in [-0.3, -0.25) is 9.79 Å². The summed E-state index contributed by atoms with van der Waals surface area (Å²) in [5.41, 5.74) is 0.608. The second-order valence-electron chi connectivity index (χ2n) is 6.38. The number of carbonyl (C=O) groups is 1. The third-order valence-corrected chi connectivity index (χ3v) is 3.20. The van der Waals surface area contributed by atoms with Gasteiger partial charge in [-0.05, 0) is 44.9 Å². The minimum absolute atomic E-state index is 0.0628. The predicted molar refractivity (Wildman–Crippen MR) is 98.5 cm³/mol. The molecule has 1 aromatic carbocycles. The van der Waals surface area contributed by atoms with Gasteiger partial charge in [0.2, 0.25) is 0 Å². The monoisotopic (exact) mass is 351 g/mol. The number of rotatable bonds is 7. The number of benzene rings is 1. The minimum atomic E-state index is -0.497. The van der Waals surface area contributed by atoms with Crippen molar-refractivity contribution in [1.82, 2.24) is 10.6 Å². The Balaban J connectivity index is 2.44. The molecule has 1 aromatic rings. The summed E-state index contributed by atoms with van der Waals surface area (Å²) in [5, 5.41) is 6.10. The second-order valence-corrected chi connectivity index (χ2v) is 6.38. The standard InChI is InChI=1S/C18H29N3O4/c1-18(2,3)25-16(22)12-21-17(19-4)20-10-9-13-7-8-14(23-5)15(11-13)24-6/h7-8,11H,9-10,12H2,1-6H3,(H2,19,20,21). The van der Waals surface area contributed by atoms with Gasteiger partial charge in [-0.25, -0.2) is 0 Å². The summed E-state index contributed by atoms with van der Waals surface area (Å²) in [6.07, 6.45) is 0.771. The quantitative estimate of drug-likeness (QED) is 0.443. The van der Waals surface area contributed by atoms with Crippen molar-refractivity contribution in [3.05, 3.63) is 23.8 Å². The van der Waals surface area contributed by atoms with Gasteiger partial charge in [0.1, 0.15) is 12.1 Å². The van der Waals surface area contributed by atoms with E-state index in [0.717, 1.165) is 12.0 Å². The van der Waals surface area contributed by atoms with Crippen LogP contribution in [0.5, 0.6) is 11.5 Å². The maximum Gasteiger partial charge on any atom is 0.325 e. The summed E-state index contributed by atoms with van der Waals surface area (Å²) >= 11 is 0. The first-order chi connectivity index (χ1) is 11.8. The van der Waals surface area contributed by atoms with E-state index in [-0.39, 0.29) is 12.5 Å². The van der Waals surface area contributed by atoms with Gasteiger partial charge in [-0.2, -0.15) is 0 Å². The molecule has 0 unspecified atom stereocenters. The van der Waals surface area contributed by atoms with Crippen molar-refractivity contribution >= 4 is 11.9 Å². The van der Waals surface area contributed by atoms with E-state index in [2.05, 4.69) is 15.6 Å². The number of methoxy groups -OCH3 is 2. The van der Waals surface area contributed by atoms with Gasteiger partial charge in [0.15, 0.2) is 17.5 Å². The van der Waals surface area contributed by atoms with Crippen LogP contribution in [0, 0.1) is 0 Å². The Kier molecular flexibility index (Phi) is 8.04. The lowest BCUT2D eigenvalue weighted by atomic mass is 10.1. The van der Waals surface area contributed by atoms with Gasteiger partial charge < -0.3 is 24.8 Å². The Hall–Kier alpha value is -2.44. The van der Waals surface area contributed by atoms with Gasteiger partial charge >= 0.3 is 5.97 Å². The molecule has 0 saturated heterocycles. The van der Waals surface area contributed by atoms with Crippen LogP contribution in [0.15, 0.2) is 23.2 Å². The smallest absolute Gasteiger partial charge is 0.325 e. The average molecular weight is 351 g/mol. The van der Waals surface area contributed by atoms with E-state index in [9.17, 15) is 4.79 Å². The van der Waals surface area contributed by atoms with Gasteiger partial charge in [0.25, 0.3) is 0 Å². The summed E-state index contributed by atoms with van der Waals surface area (Å²) in [5.74, 6) is 1.63. The Morgan fingerprint density at radius 1 is 1.12 bits per heavy atom. The molecular weight excluding hydrogens is 322 g/mol. The van der Waals surface area contributed by atoms with Crippen molar-refractivity contribution in [2.45, 2.75) is 32.8 Å². The molecule has 0 fully saturated rings. The number of carbonyl (C=O) groups excluding carboxylic acids is 1. The summed E-state index contributed by atoms with van der Waals surface area (Å²) in [6, 6.07) is 5.81. The molecule has 0 spiro atoms. The largest absolute Gasteiger partial charge is 0.493 e. The van der Waals surface area contributed by atoms with E-state index in [0.29, 0.717) is 24.0 Å². The molecular formula is C18H29N3O4. The van der Waals surface area contributed by atoms with Crippen molar-refractivity contribution in [1.29, 1.82) is 0 Å². The topological polar surface area (TPSA) is 81.2 Å². The summed E-state index contributed by atoms with van der Waals surface area (Å²) in [4.78, 5) is 15.8. The van der Waals surface area contributed by atoms with E-state index < -0.39 is 5.60 Å². The summed E-state index contributed by atoms with van der Waals surface area (Å²) in [6.45, 7) is 6.22. The highest BCUT2D eigenvalue weighted by atomic mass is 16.6. The predicted octanol–water partition coefficient (Wildman–Crippen LogP) is 1.75. The van der Waals surface area contributed by atoms with Gasteiger partial charge in [0, 0.05) is 13.6 Å². The molecule has 25 heavy (non-hydrogen) atoms. The third-order valence-electron chi connectivity index (χ3n) is 3.20. The summed E-state index contributed by atoms with van der Waals surface area (Å²) in [7, 11) is 4.88. The fourth-order valence-electron chi connectivity index (χ4n) is 2.12. The number of hydrogen-bond donors (Lipinski definition) is 2. The number of esters is 1. The normalized spacial score (nSPS) is 11.7. The van der Waals surface area contributed by atoms with Crippen molar-refractivity contribution < 1.29 is 19.0 Å². The molecule has 7 heteroatoms. The van der Waals surface area contributed by atoms with Crippen LogP contribution in [0.3, 0.4) is 0 Å². The average Bonchev–Trinajstić information content (AvgIpc) is 2.56. The van der Waals surface area contributed by atoms with Crippen LogP contribution < -0.4 is 20.1 Å². The molecule has 2 N–H and O–H groups in total. The van der Waals surface area contributed by atoms with Gasteiger partial charge in [-0.1, -0.05) is 6.07 Å². The maximum absolute atomic E-state index is 11.7. The molecule has 1 rings (SSSR count). The number of ether oxygens (including phenoxy) is 3. The van der Waals surface area contributed by atoms with Crippen molar-refractivity contribution in [2.24, 2.45) is 4.99 Å². The first-order valence-corrected chi connectivity index (χ1v) is 8.16. The first-order valence-electron chi connectivity index (χ1n) is 8.16. The molecule has 0 saturated carbocycles. The molecule has 0 amide bonds.